The molecule has 0 bridgehead atoms. The summed E-state index contributed by atoms with van der Waals surface area (Å²) < 4.78 is 5.49. The third-order valence-corrected chi connectivity index (χ3v) is 2.58. The minimum Gasteiger partial charge on any atom is -0.492 e. The van der Waals surface area contributed by atoms with Crippen molar-refractivity contribution in [2.24, 2.45) is 0 Å². The second kappa shape index (κ2) is 7.99. The van der Waals surface area contributed by atoms with Crippen LogP contribution in [0.25, 0.3) is 0 Å². The number of carbonyl (C=O) groups is 2. The van der Waals surface area contributed by atoms with Crippen LogP contribution in [0.4, 0.5) is 5.69 Å². The van der Waals surface area contributed by atoms with Gasteiger partial charge < -0.3 is 10.1 Å². The minimum atomic E-state index is -0.244. The van der Waals surface area contributed by atoms with E-state index in [0.29, 0.717) is 24.6 Å². The number of benzene rings is 1. The van der Waals surface area contributed by atoms with Crippen LogP contribution in [0.3, 0.4) is 0 Å². The first kappa shape index (κ1) is 15.8. The second-order valence-corrected chi connectivity index (χ2v) is 4.10. The fourth-order valence-electron chi connectivity index (χ4n) is 1.71. The zero-order chi connectivity index (χ0) is 15.0. The van der Waals surface area contributed by atoms with Crippen molar-refractivity contribution in [3.63, 3.8) is 0 Å². The first-order valence-corrected chi connectivity index (χ1v) is 6.47. The highest BCUT2D eigenvalue weighted by Crippen LogP contribution is 2.27. The van der Waals surface area contributed by atoms with Gasteiger partial charge in [0.25, 0.3) is 0 Å². The molecule has 1 N–H and O–H groups in total. The molecule has 0 atom stereocenters. The van der Waals surface area contributed by atoms with E-state index in [0.717, 1.165) is 0 Å². The number of carbonyl (C=O) groups excluding carboxylic acids is 2. The predicted octanol–water partition coefficient (Wildman–Crippen LogP) is 1.74. The number of para-hydroxylation sites is 2. The molecule has 0 radical (unpaired) electrons. The molecule has 0 heterocycles. The molecule has 0 aliphatic heterocycles. The van der Waals surface area contributed by atoms with Crippen LogP contribution in [0.15, 0.2) is 36.9 Å². The number of hydrogen-bond acceptors (Lipinski definition) is 3. The van der Waals surface area contributed by atoms with Crippen molar-refractivity contribution in [2.45, 2.75) is 13.8 Å². The van der Waals surface area contributed by atoms with E-state index < -0.39 is 0 Å². The molecule has 0 aliphatic carbocycles. The van der Waals surface area contributed by atoms with E-state index >= 15 is 0 Å². The molecule has 1 rings (SSSR count). The van der Waals surface area contributed by atoms with Gasteiger partial charge in [0.05, 0.1) is 12.3 Å². The van der Waals surface area contributed by atoms with Gasteiger partial charge in [-0.1, -0.05) is 18.2 Å². The molecule has 0 fully saturated rings. The third kappa shape index (κ3) is 4.42. The van der Waals surface area contributed by atoms with E-state index in [1.54, 1.807) is 24.3 Å². The molecule has 0 saturated carbocycles. The molecule has 0 aliphatic rings. The van der Waals surface area contributed by atoms with Gasteiger partial charge >= 0.3 is 0 Å². The van der Waals surface area contributed by atoms with Gasteiger partial charge in [0.15, 0.2) is 0 Å². The van der Waals surface area contributed by atoms with Crippen LogP contribution in [-0.4, -0.2) is 31.5 Å². The average molecular weight is 276 g/mol. The van der Waals surface area contributed by atoms with Gasteiger partial charge in [-0.25, -0.2) is 0 Å². The quantitative estimate of drug-likeness (QED) is 0.772. The van der Waals surface area contributed by atoms with Crippen LogP contribution < -0.4 is 15.0 Å². The predicted molar refractivity (Wildman–Crippen MR) is 78.8 cm³/mol. The molecule has 1 aromatic rings. The maximum absolute atomic E-state index is 11.8. The van der Waals surface area contributed by atoms with E-state index in [9.17, 15) is 9.59 Å². The van der Waals surface area contributed by atoms with Crippen molar-refractivity contribution in [3.05, 3.63) is 36.9 Å². The van der Waals surface area contributed by atoms with E-state index in [-0.39, 0.29) is 18.4 Å². The molecule has 0 saturated heterocycles. The first-order valence-electron chi connectivity index (χ1n) is 6.47. The smallest absolute Gasteiger partial charge is 0.240 e. The molecule has 20 heavy (non-hydrogen) atoms. The van der Waals surface area contributed by atoms with E-state index in [4.69, 9.17) is 4.74 Å². The highest BCUT2D eigenvalue weighted by atomic mass is 16.5. The Kier molecular flexibility index (Phi) is 6.29. The maximum Gasteiger partial charge on any atom is 0.240 e. The summed E-state index contributed by atoms with van der Waals surface area (Å²) >= 11 is 0. The SMILES string of the molecule is C=CCNC(=O)CN(C(C)=O)c1ccccc1OCC. The fourth-order valence-corrected chi connectivity index (χ4v) is 1.71. The van der Waals surface area contributed by atoms with E-state index in [1.165, 1.54) is 11.8 Å². The summed E-state index contributed by atoms with van der Waals surface area (Å²) in [4.78, 5) is 24.9. The lowest BCUT2D eigenvalue weighted by molar-refractivity contribution is -0.122. The van der Waals surface area contributed by atoms with Crippen LogP contribution in [-0.2, 0) is 9.59 Å². The molecule has 2 amide bonds. The summed E-state index contributed by atoms with van der Waals surface area (Å²) in [6.07, 6.45) is 1.59. The minimum absolute atomic E-state index is 0.0484. The summed E-state index contributed by atoms with van der Waals surface area (Å²) in [5.41, 5.74) is 0.593. The molecule has 0 spiro atoms. The van der Waals surface area contributed by atoms with Gasteiger partial charge in [-0.15, -0.1) is 6.58 Å². The van der Waals surface area contributed by atoms with E-state index in [2.05, 4.69) is 11.9 Å². The number of ether oxygens (including phenoxy) is 1. The average Bonchev–Trinajstić information content (AvgIpc) is 2.43. The number of hydrogen-bond donors (Lipinski definition) is 1. The van der Waals surface area contributed by atoms with Crippen LogP contribution in [0.2, 0.25) is 0 Å². The number of nitrogens with one attached hydrogen (secondary N) is 1. The molecule has 1 aromatic carbocycles. The molecule has 5 heteroatoms. The lowest BCUT2D eigenvalue weighted by Crippen LogP contribution is -2.40. The van der Waals surface area contributed by atoms with Gasteiger partial charge in [0.2, 0.25) is 11.8 Å². The van der Waals surface area contributed by atoms with Crippen molar-refractivity contribution in [1.29, 1.82) is 0 Å². The number of amides is 2. The van der Waals surface area contributed by atoms with Gasteiger partial charge in [-0.05, 0) is 19.1 Å². The third-order valence-electron chi connectivity index (χ3n) is 2.58. The van der Waals surface area contributed by atoms with Crippen molar-refractivity contribution >= 4 is 17.5 Å². The Balaban J connectivity index is 2.93. The molecular weight excluding hydrogens is 256 g/mol. The molecule has 108 valence electrons. The normalized spacial score (nSPS) is 9.70. The van der Waals surface area contributed by atoms with Crippen LogP contribution in [0.1, 0.15) is 13.8 Å². The van der Waals surface area contributed by atoms with Crippen LogP contribution in [0, 0.1) is 0 Å². The zero-order valence-electron chi connectivity index (χ0n) is 11.9. The van der Waals surface area contributed by atoms with Gasteiger partial charge in [-0.2, -0.15) is 0 Å². The van der Waals surface area contributed by atoms with Gasteiger partial charge in [-0.3, -0.25) is 14.5 Å². The van der Waals surface area contributed by atoms with Crippen LogP contribution in [0.5, 0.6) is 5.75 Å². The number of anilines is 1. The lowest BCUT2D eigenvalue weighted by Gasteiger charge is -2.23. The topological polar surface area (TPSA) is 58.6 Å². The summed E-state index contributed by atoms with van der Waals surface area (Å²) in [6.45, 7) is 7.63. The first-order chi connectivity index (χ1) is 9.60. The Morgan fingerprint density at radius 3 is 2.70 bits per heavy atom. The van der Waals surface area contributed by atoms with Gasteiger partial charge in [0, 0.05) is 13.5 Å². The summed E-state index contributed by atoms with van der Waals surface area (Å²) in [5.74, 6) is 0.124. The lowest BCUT2D eigenvalue weighted by atomic mass is 10.2. The molecular formula is C15H20N2O3. The Bertz CT molecular complexity index is 486. The summed E-state index contributed by atoms with van der Waals surface area (Å²) in [6, 6.07) is 7.16. The van der Waals surface area contributed by atoms with Gasteiger partial charge in [0.1, 0.15) is 12.3 Å². The Labute approximate surface area is 119 Å². The summed E-state index contributed by atoms with van der Waals surface area (Å²) in [7, 11) is 0. The molecule has 5 nitrogen and oxygen atoms in total. The summed E-state index contributed by atoms with van der Waals surface area (Å²) in [5, 5.41) is 2.65. The van der Waals surface area contributed by atoms with Crippen molar-refractivity contribution < 1.29 is 14.3 Å². The highest BCUT2D eigenvalue weighted by molar-refractivity contribution is 5.98. The zero-order valence-corrected chi connectivity index (χ0v) is 11.9. The van der Waals surface area contributed by atoms with Crippen molar-refractivity contribution in [3.8, 4) is 5.75 Å². The van der Waals surface area contributed by atoms with E-state index in [1.807, 2.05) is 13.0 Å². The fraction of sp³-hybridized carbons (Fsp3) is 0.333. The largest absolute Gasteiger partial charge is 0.492 e. The standard InChI is InChI=1S/C15H20N2O3/c1-4-10-16-15(19)11-17(12(3)18)13-8-6-7-9-14(13)20-5-2/h4,6-9H,1,5,10-11H2,2-3H3,(H,16,19). The second-order valence-electron chi connectivity index (χ2n) is 4.10. The molecule has 0 aromatic heterocycles. The maximum atomic E-state index is 11.8. The monoisotopic (exact) mass is 276 g/mol. The molecule has 0 unspecified atom stereocenters. The Morgan fingerprint density at radius 1 is 1.40 bits per heavy atom. The number of nitrogens with zero attached hydrogens (tertiary/aromatic N) is 1. The Hall–Kier alpha value is -2.30. The van der Waals surface area contributed by atoms with Crippen molar-refractivity contribution in [1.82, 2.24) is 5.32 Å². The number of rotatable bonds is 7. The highest BCUT2D eigenvalue weighted by Gasteiger charge is 2.18. The Morgan fingerprint density at radius 2 is 2.10 bits per heavy atom. The van der Waals surface area contributed by atoms with Crippen molar-refractivity contribution in [2.75, 3.05) is 24.6 Å². The van der Waals surface area contributed by atoms with Crippen LogP contribution >= 0.6 is 0 Å².